The summed E-state index contributed by atoms with van der Waals surface area (Å²) in [5.74, 6) is 0.140. The van der Waals surface area contributed by atoms with Gasteiger partial charge in [0.05, 0.1) is 11.7 Å². The van der Waals surface area contributed by atoms with Crippen molar-refractivity contribution >= 4 is 27.5 Å². The third-order valence-corrected chi connectivity index (χ3v) is 3.54. The average Bonchev–Trinajstić information content (AvgIpc) is 2.37. The van der Waals surface area contributed by atoms with Gasteiger partial charge in [0.1, 0.15) is 4.90 Å². The number of rotatable bonds is 1. The van der Waals surface area contributed by atoms with Crippen LogP contribution in [0.4, 0.5) is 0 Å². The molecule has 0 amide bonds. The zero-order valence-corrected chi connectivity index (χ0v) is 10.3. The molecule has 0 unspecified atom stereocenters. The molecule has 16 heavy (non-hydrogen) atoms. The second kappa shape index (κ2) is 3.75. The number of ether oxygens (including phenoxy) is 1. The van der Waals surface area contributed by atoms with Gasteiger partial charge in [-0.2, -0.15) is 8.42 Å². The Hall–Kier alpha value is -1.07. The SMILES string of the molecule is CC(C)OC1=NS(=O)(=O)c2cc(Cl)ccc21. The lowest BCUT2D eigenvalue weighted by Gasteiger charge is -2.08. The predicted octanol–water partition coefficient (Wildman–Crippen LogP) is 2.21. The van der Waals surface area contributed by atoms with Gasteiger partial charge in [-0.15, -0.1) is 4.40 Å². The first-order chi connectivity index (χ1) is 7.40. The molecule has 1 aliphatic heterocycles. The van der Waals surface area contributed by atoms with E-state index in [1.807, 2.05) is 13.8 Å². The van der Waals surface area contributed by atoms with Crippen LogP contribution in [-0.4, -0.2) is 20.4 Å². The minimum absolute atomic E-state index is 0.107. The van der Waals surface area contributed by atoms with Gasteiger partial charge in [0, 0.05) is 5.02 Å². The van der Waals surface area contributed by atoms with Crippen molar-refractivity contribution in [3.05, 3.63) is 28.8 Å². The Bertz CT molecular complexity index is 563. The molecular formula is C10H10ClNO3S. The van der Waals surface area contributed by atoms with Gasteiger partial charge in [-0.25, -0.2) is 0 Å². The number of nitrogens with zero attached hydrogens (tertiary/aromatic N) is 1. The van der Waals surface area contributed by atoms with Gasteiger partial charge in [0.2, 0.25) is 5.90 Å². The summed E-state index contributed by atoms with van der Waals surface area (Å²) < 4.78 is 32.3. The average molecular weight is 260 g/mol. The molecule has 6 heteroatoms. The van der Waals surface area contributed by atoms with Crippen LogP contribution >= 0.6 is 11.6 Å². The number of hydrogen-bond acceptors (Lipinski definition) is 3. The Morgan fingerprint density at radius 3 is 2.69 bits per heavy atom. The molecule has 0 saturated heterocycles. The molecular weight excluding hydrogens is 250 g/mol. The van der Waals surface area contributed by atoms with Gasteiger partial charge in [-0.3, -0.25) is 0 Å². The largest absolute Gasteiger partial charge is 0.474 e. The van der Waals surface area contributed by atoms with Gasteiger partial charge < -0.3 is 4.74 Å². The van der Waals surface area contributed by atoms with E-state index in [1.165, 1.54) is 6.07 Å². The van der Waals surface area contributed by atoms with Crippen LogP contribution < -0.4 is 0 Å². The molecule has 0 radical (unpaired) electrons. The van der Waals surface area contributed by atoms with Gasteiger partial charge in [-0.1, -0.05) is 11.6 Å². The summed E-state index contributed by atoms with van der Waals surface area (Å²) in [6, 6.07) is 4.59. The van der Waals surface area contributed by atoms with Crippen molar-refractivity contribution in [1.82, 2.24) is 0 Å². The summed E-state index contributed by atoms with van der Waals surface area (Å²) in [6.07, 6.45) is -0.129. The summed E-state index contributed by atoms with van der Waals surface area (Å²) in [5, 5.41) is 0.364. The lowest BCUT2D eigenvalue weighted by Crippen LogP contribution is -2.10. The highest BCUT2D eigenvalue weighted by Crippen LogP contribution is 2.29. The maximum Gasteiger partial charge on any atom is 0.286 e. The highest BCUT2D eigenvalue weighted by molar-refractivity contribution is 7.90. The third kappa shape index (κ3) is 1.92. The molecule has 0 fully saturated rings. The molecule has 0 bridgehead atoms. The van der Waals surface area contributed by atoms with Crippen molar-refractivity contribution < 1.29 is 13.2 Å². The number of sulfonamides is 1. The predicted molar refractivity (Wildman–Crippen MR) is 61.4 cm³/mol. The molecule has 1 aliphatic rings. The molecule has 0 aromatic heterocycles. The number of hydrogen-bond donors (Lipinski definition) is 0. The minimum Gasteiger partial charge on any atom is -0.474 e. The van der Waals surface area contributed by atoms with Crippen molar-refractivity contribution in [3.8, 4) is 0 Å². The lowest BCUT2D eigenvalue weighted by atomic mass is 10.2. The van der Waals surface area contributed by atoms with Crippen molar-refractivity contribution in [2.45, 2.75) is 24.8 Å². The van der Waals surface area contributed by atoms with E-state index in [9.17, 15) is 8.42 Å². The van der Waals surface area contributed by atoms with E-state index < -0.39 is 10.0 Å². The summed E-state index contributed by atoms with van der Waals surface area (Å²) in [5.41, 5.74) is 0.470. The molecule has 0 aliphatic carbocycles. The zero-order valence-electron chi connectivity index (χ0n) is 8.77. The highest BCUT2D eigenvalue weighted by atomic mass is 35.5. The molecule has 86 valence electrons. The van der Waals surface area contributed by atoms with Gasteiger partial charge in [0.15, 0.2) is 0 Å². The lowest BCUT2D eigenvalue weighted by molar-refractivity contribution is 0.230. The van der Waals surface area contributed by atoms with Crippen LogP contribution in [0.5, 0.6) is 0 Å². The standard InChI is InChI=1S/C10H10ClNO3S/c1-6(2)15-10-8-4-3-7(11)5-9(8)16(13,14)12-10/h3-6H,1-2H3. The highest BCUT2D eigenvalue weighted by Gasteiger charge is 2.30. The molecule has 0 spiro atoms. The van der Waals surface area contributed by atoms with Crippen molar-refractivity contribution in [3.63, 3.8) is 0 Å². The first kappa shape index (κ1) is 11.4. The van der Waals surface area contributed by atoms with Crippen molar-refractivity contribution in [1.29, 1.82) is 0 Å². The fraction of sp³-hybridized carbons (Fsp3) is 0.300. The Morgan fingerprint density at radius 2 is 2.06 bits per heavy atom. The van der Waals surface area contributed by atoms with E-state index in [2.05, 4.69) is 4.40 Å². The Kier molecular flexibility index (Phi) is 2.67. The van der Waals surface area contributed by atoms with E-state index in [4.69, 9.17) is 16.3 Å². The smallest absolute Gasteiger partial charge is 0.286 e. The van der Waals surface area contributed by atoms with Crippen molar-refractivity contribution in [2.24, 2.45) is 4.40 Å². The van der Waals surface area contributed by atoms with Crippen LogP contribution in [0.2, 0.25) is 5.02 Å². The normalized spacial score (nSPS) is 17.1. The van der Waals surface area contributed by atoms with Gasteiger partial charge in [-0.05, 0) is 32.0 Å². The molecule has 1 heterocycles. The summed E-state index contributed by atoms with van der Waals surface area (Å²) in [4.78, 5) is 0.107. The quantitative estimate of drug-likeness (QED) is 0.777. The number of halogens is 1. The molecule has 0 atom stereocenters. The number of benzene rings is 1. The molecule has 0 N–H and O–H groups in total. The minimum atomic E-state index is -3.64. The van der Waals surface area contributed by atoms with Crippen molar-refractivity contribution in [2.75, 3.05) is 0 Å². The van der Waals surface area contributed by atoms with Gasteiger partial charge >= 0.3 is 0 Å². The van der Waals surface area contributed by atoms with Crippen LogP contribution in [0.3, 0.4) is 0 Å². The van der Waals surface area contributed by atoms with E-state index >= 15 is 0 Å². The topological polar surface area (TPSA) is 55.7 Å². The van der Waals surface area contributed by atoms with E-state index in [-0.39, 0.29) is 16.9 Å². The first-order valence-corrected chi connectivity index (χ1v) is 6.53. The molecule has 0 saturated carbocycles. The zero-order chi connectivity index (χ0) is 11.9. The summed E-state index contributed by atoms with van der Waals surface area (Å²) >= 11 is 5.75. The van der Waals surface area contributed by atoms with Crippen LogP contribution in [-0.2, 0) is 14.8 Å². The molecule has 4 nitrogen and oxygen atoms in total. The Morgan fingerprint density at radius 1 is 1.38 bits per heavy atom. The van der Waals surface area contributed by atoms with E-state index in [0.29, 0.717) is 10.6 Å². The van der Waals surface area contributed by atoms with E-state index in [1.54, 1.807) is 12.1 Å². The van der Waals surface area contributed by atoms with Gasteiger partial charge in [0.25, 0.3) is 10.0 Å². The monoisotopic (exact) mass is 259 g/mol. The second-order valence-corrected chi connectivity index (χ2v) is 5.69. The maximum absolute atomic E-state index is 11.7. The van der Waals surface area contributed by atoms with Crippen LogP contribution in [0, 0.1) is 0 Å². The molecule has 1 aromatic carbocycles. The fourth-order valence-electron chi connectivity index (χ4n) is 1.40. The number of fused-ring (bicyclic) bond motifs is 1. The fourth-order valence-corrected chi connectivity index (χ4v) is 2.81. The molecule has 2 rings (SSSR count). The first-order valence-electron chi connectivity index (χ1n) is 4.72. The second-order valence-electron chi connectivity index (χ2n) is 3.68. The Balaban J connectivity index is 2.56. The van der Waals surface area contributed by atoms with Crippen LogP contribution in [0.1, 0.15) is 19.4 Å². The maximum atomic E-state index is 11.7. The summed E-state index contributed by atoms with van der Waals surface area (Å²) in [6.45, 7) is 3.62. The van der Waals surface area contributed by atoms with Crippen LogP contribution in [0.15, 0.2) is 27.5 Å². The summed E-state index contributed by atoms with van der Waals surface area (Å²) in [7, 11) is -3.64. The van der Waals surface area contributed by atoms with Crippen LogP contribution in [0.25, 0.3) is 0 Å². The van der Waals surface area contributed by atoms with E-state index in [0.717, 1.165) is 0 Å². The Labute approximate surface area is 99.0 Å². The molecule has 1 aromatic rings. The third-order valence-electron chi connectivity index (χ3n) is 2.00.